The van der Waals surface area contributed by atoms with Gasteiger partial charge in [0.15, 0.2) is 11.8 Å². The molecule has 2 N–H and O–H groups in total. The Hall–Kier alpha value is -3.15. The first-order valence-electron chi connectivity index (χ1n) is 9.69. The highest BCUT2D eigenvalue weighted by Crippen LogP contribution is 2.19. The van der Waals surface area contributed by atoms with E-state index in [1.165, 1.54) is 5.56 Å². The van der Waals surface area contributed by atoms with Crippen LogP contribution in [-0.2, 0) is 19.4 Å². The zero-order chi connectivity index (χ0) is 19.6. The summed E-state index contributed by atoms with van der Waals surface area (Å²) in [5, 5.41) is 10.7. The molecule has 0 unspecified atom stereocenters. The fourth-order valence-electron chi connectivity index (χ4n) is 2.89. The Morgan fingerprint density at radius 3 is 2.61 bits per heavy atom. The molecule has 3 aromatic rings. The van der Waals surface area contributed by atoms with Crippen LogP contribution in [0, 0.1) is 0 Å². The number of guanidine groups is 1. The topological polar surface area (TPSA) is 75.3 Å². The van der Waals surface area contributed by atoms with E-state index < -0.39 is 0 Å². The summed E-state index contributed by atoms with van der Waals surface area (Å²) in [6.45, 7) is 3.59. The van der Waals surface area contributed by atoms with Gasteiger partial charge in [-0.1, -0.05) is 54.5 Å². The lowest BCUT2D eigenvalue weighted by atomic mass is 10.1. The molecule has 2 aromatic carbocycles. The van der Waals surface area contributed by atoms with Crippen molar-refractivity contribution < 1.29 is 4.52 Å². The predicted octanol–water partition coefficient (Wildman–Crippen LogP) is 3.60. The fourth-order valence-corrected chi connectivity index (χ4v) is 2.89. The summed E-state index contributed by atoms with van der Waals surface area (Å²) in [6, 6.07) is 18.5. The molecule has 0 saturated heterocycles. The average molecular weight is 377 g/mol. The van der Waals surface area contributed by atoms with E-state index in [0.717, 1.165) is 48.7 Å². The number of hydrogen-bond donors (Lipinski definition) is 2. The van der Waals surface area contributed by atoms with E-state index in [0.29, 0.717) is 12.4 Å². The molecule has 0 bridgehead atoms. The number of aliphatic imine (C=N–C) groups is 1. The SMILES string of the molecule is CCCc1noc(-c2cccc(CNC(=NC)NCCc3ccccc3)c2)n1. The quantitative estimate of drug-likeness (QED) is 0.463. The molecule has 6 nitrogen and oxygen atoms in total. The van der Waals surface area contributed by atoms with E-state index in [1.807, 2.05) is 18.2 Å². The van der Waals surface area contributed by atoms with Crippen LogP contribution in [0.2, 0.25) is 0 Å². The van der Waals surface area contributed by atoms with E-state index in [2.05, 4.69) is 69.1 Å². The van der Waals surface area contributed by atoms with Gasteiger partial charge in [0.2, 0.25) is 0 Å². The van der Waals surface area contributed by atoms with Crippen molar-refractivity contribution in [2.45, 2.75) is 32.7 Å². The first-order valence-corrected chi connectivity index (χ1v) is 9.69. The fraction of sp³-hybridized carbons (Fsp3) is 0.318. The molecule has 0 fully saturated rings. The van der Waals surface area contributed by atoms with Crippen molar-refractivity contribution >= 4 is 5.96 Å². The second kappa shape index (κ2) is 10.3. The lowest BCUT2D eigenvalue weighted by Gasteiger charge is -2.12. The monoisotopic (exact) mass is 377 g/mol. The molecule has 0 saturated carbocycles. The molecule has 1 heterocycles. The van der Waals surface area contributed by atoms with Crippen molar-refractivity contribution in [3.8, 4) is 11.5 Å². The minimum Gasteiger partial charge on any atom is -0.356 e. The van der Waals surface area contributed by atoms with Gasteiger partial charge in [-0.05, 0) is 36.1 Å². The normalized spacial score (nSPS) is 11.4. The van der Waals surface area contributed by atoms with Crippen molar-refractivity contribution in [3.05, 3.63) is 71.5 Å². The summed E-state index contributed by atoms with van der Waals surface area (Å²) in [5.41, 5.74) is 3.36. The third-order valence-electron chi connectivity index (χ3n) is 4.35. The second-order valence-corrected chi connectivity index (χ2v) is 6.55. The van der Waals surface area contributed by atoms with Crippen LogP contribution in [-0.4, -0.2) is 29.7 Å². The van der Waals surface area contributed by atoms with Crippen LogP contribution in [0.15, 0.2) is 64.1 Å². The molecule has 0 radical (unpaired) electrons. The zero-order valence-electron chi connectivity index (χ0n) is 16.5. The third-order valence-corrected chi connectivity index (χ3v) is 4.35. The number of nitrogens with one attached hydrogen (secondary N) is 2. The van der Waals surface area contributed by atoms with Gasteiger partial charge in [-0.25, -0.2) is 0 Å². The van der Waals surface area contributed by atoms with Gasteiger partial charge >= 0.3 is 0 Å². The smallest absolute Gasteiger partial charge is 0.257 e. The van der Waals surface area contributed by atoms with Gasteiger partial charge in [-0.3, -0.25) is 4.99 Å². The maximum Gasteiger partial charge on any atom is 0.257 e. The Bertz CT molecular complexity index is 889. The summed E-state index contributed by atoms with van der Waals surface area (Å²) >= 11 is 0. The molecule has 0 aliphatic rings. The molecule has 0 aliphatic heterocycles. The van der Waals surface area contributed by atoms with Crippen LogP contribution in [0.3, 0.4) is 0 Å². The molecule has 0 atom stereocenters. The maximum absolute atomic E-state index is 5.38. The highest BCUT2D eigenvalue weighted by molar-refractivity contribution is 5.79. The molecule has 0 amide bonds. The van der Waals surface area contributed by atoms with E-state index in [-0.39, 0.29) is 0 Å². The Morgan fingerprint density at radius 1 is 1.00 bits per heavy atom. The van der Waals surface area contributed by atoms with E-state index in [9.17, 15) is 0 Å². The Morgan fingerprint density at radius 2 is 1.82 bits per heavy atom. The van der Waals surface area contributed by atoms with Crippen molar-refractivity contribution in [1.29, 1.82) is 0 Å². The molecule has 0 aliphatic carbocycles. The summed E-state index contributed by atoms with van der Waals surface area (Å²) in [6.07, 6.45) is 2.78. The highest BCUT2D eigenvalue weighted by Gasteiger charge is 2.09. The van der Waals surface area contributed by atoms with E-state index in [1.54, 1.807) is 7.05 Å². The van der Waals surface area contributed by atoms with Crippen LogP contribution in [0.1, 0.15) is 30.3 Å². The molecule has 28 heavy (non-hydrogen) atoms. The van der Waals surface area contributed by atoms with E-state index in [4.69, 9.17) is 4.52 Å². The standard InChI is InChI=1S/C22H27N5O/c1-3-8-20-26-21(28-27-20)19-12-7-11-18(15-19)16-25-22(23-2)24-14-13-17-9-5-4-6-10-17/h4-7,9-12,15H,3,8,13-14,16H2,1-2H3,(H2,23,24,25). The molecule has 3 rings (SSSR count). The summed E-state index contributed by atoms with van der Waals surface area (Å²) < 4.78 is 5.38. The number of nitrogens with zero attached hydrogens (tertiary/aromatic N) is 3. The Labute approximate surface area is 166 Å². The molecule has 1 aromatic heterocycles. The summed E-state index contributed by atoms with van der Waals surface area (Å²) in [5.74, 6) is 2.10. The maximum atomic E-state index is 5.38. The molecular formula is C22H27N5O. The molecule has 146 valence electrons. The third kappa shape index (κ3) is 5.67. The predicted molar refractivity (Wildman–Crippen MR) is 112 cm³/mol. The van der Waals surface area contributed by atoms with Gasteiger partial charge in [0, 0.05) is 32.1 Å². The number of benzene rings is 2. The van der Waals surface area contributed by atoms with Crippen LogP contribution in [0.25, 0.3) is 11.5 Å². The molecule has 0 spiro atoms. The van der Waals surface area contributed by atoms with Gasteiger partial charge < -0.3 is 15.2 Å². The van der Waals surface area contributed by atoms with Crippen molar-refractivity contribution in [2.75, 3.05) is 13.6 Å². The summed E-state index contributed by atoms with van der Waals surface area (Å²) in [7, 11) is 1.78. The minimum atomic E-state index is 0.565. The number of rotatable bonds is 8. The largest absolute Gasteiger partial charge is 0.356 e. The summed E-state index contributed by atoms with van der Waals surface area (Å²) in [4.78, 5) is 8.75. The highest BCUT2D eigenvalue weighted by atomic mass is 16.5. The second-order valence-electron chi connectivity index (χ2n) is 6.55. The van der Waals surface area contributed by atoms with Gasteiger partial charge in [-0.2, -0.15) is 4.98 Å². The lowest BCUT2D eigenvalue weighted by Crippen LogP contribution is -2.37. The average Bonchev–Trinajstić information content (AvgIpc) is 3.20. The van der Waals surface area contributed by atoms with Crippen LogP contribution >= 0.6 is 0 Å². The van der Waals surface area contributed by atoms with Crippen LogP contribution in [0.5, 0.6) is 0 Å². The van der Waals surface area contributed by atoms with Crippen molar-refractivity contribution in [1.82, 2.24) is 20.8 Å². The first-order chi connectivity index (χ1) is 13.8. The number of hydrogen-bond acceptors (Lipinski definition) is 4. The Balaban J connectivity index is 1.52. The molecule has 6 heteroatoms. The number of aromatic nitrogens is 2. The van der Waals surface area contributed by atoms with E-state index >= 15 is 0 Å². The van der Waals surface area contributed by atoms with Crippen molar-refractivity contribution in [2.24, 2.45) is 4.99 Å². The van der Waals surface area contributed by atoms with Gasteiger partial charge in [0.1, 0.15) is 0 Å². The first kappa shape index (κ1) is 19.6. The Kier molecular flexibility index (Phi) is 7.18. The van der Waals surface area contributed by atoms with Crippen LogP contribution in [0.4, 0.5) is 0 Å². The number of aryl methyl sites for hydroxylation is 1. The van der Waals surface area contributed by atoms with Gasteiger partial charge in [0.25, 0.3) is 5.89 Å². The molecular weight excluding hydrogens is 350 g/mol. The van der Waals surface area contributed by atoms with Gasteiger partial charge in [-0.15, -0.1) is 0 Å². The lowest BCUT2D eigenvalue weighted by molar-refractivity contribution is 0.422. The minimum absolute atomic E-state index is 0.565. The zero-order valence-corrected chi connectivity index (χ0v) is 16.5. The van der Waals surface area contributed by atoms with Crippen LogP contribution < -0.4 is 10.6 Å². The van der Waals surface area contributed by atoms with Gasteiger partial charge in [0.05, 0.1) is 0 Å². The van der Waals surface area contributed by atoms with Crippen molar-refractivity contribution in [3.63, 3.8) is 0 Å².